The van der Waals surface area contributed by atoms with E-state index in [2.05, 4.69) is 6.92 Å². The Hall–Kier alpha value is -0.440. The van der Waals surface area contributed by atoms with E-state index in [1.807, 2.05) is 39.8 Å². The minimum Gasteiger partial charge on any atom is -0.342 e. The van der Waals surface area contributed by atoms with Gasteiger partial charge in [0.2, 0.25) is 0 Å². The molecule has 3 saturated heterocycles. The van der Waals surface area contributed by atoms with E-state index in [-0.39, 0.29) is 24.4 Å². The van der Waals surface area contributed by atoms with Crippen molar-refractivity contribution in [3.63, 3.8) is 0 Å². The summed E-state index contributed by atoms with van der Waals surface area (Å²) in [6.07, 6.45) is 3.71. The Kier molecular flexibility index (Phi) is 4.54. The first-order valence-corrected chi connectivity index (χ1v) is 10.0. The third-order valence-corrected chi connectivity index (χ3v) is 5.91. The molecule has 6 atom stereocenters. The molecule has 4 aliphatic heterocycles. The normalized spacial score (nSPS) is 44.8. The molecule has 4 heterocycles. The van der Waals surface area contributed by atoms with Gasteiger partial charge in [0.15, 0.2) is 17.9 Å². The Balaban J connectivity index is 1.54. The molecule has 7 heteroatoms. The smallest absolute Gasteiger partial charge is 0.190 e. The SMILES string of the molecule is CC[C@@H]1CSC(C=CC2OC3OC(C)(C)OC3C3OC(C)(C)OC23)=N1. The number of nitrogens with zero attached hydrogens (tertiary/aromatic N) is 1. The zero-order chi connectivity index (χ0) is 17.8. The van der Waals surface area contributed by atoms with Gasteiger partial charge in [-0.2, -0.15) is 0 Å². The summed E-state index contributed by atoms with van der Waals surface area (Å²) in [5.41, 5.74) is 0. The fourth-order valence-electron chi connectivity index (χ4n) is 3.71. The molecular weight excluding hydrogens is 342 g/mol. The lowest BCUT2D eigenvalue weighted by molar-refractivity contribution is -0.222. The molecule has 4 aliphatic rings. The zero-order valence-electron chi connectivity index (χ0n) is 15.4. The van der Waals surface area contributed by atoms with E-state index in [0.717, 1.165) is 17.2 Å². The van der Waals surface area contributed by atoms with E-state index >= 15 is 0 Å². The van der Waals surface area contributed by atoms with Crippen LogP contribution in [-0.2, 0) is 23.7 Å². The predicted octanol–water partition coefficient (Wildman–Crippen LogP) is 2.86. The van der Waals surface area contributed by atoms with Crippen molar-refractivity contribution in [3.05, 3.63) is 12.2 Å². The van der Waals surface area contributed by atoms with Gasteiger partial charge in [0.05, 0.1) is 11.1 Å². The van der Waals surface area contributed by atoms with Crippen LogP contribution in [0.5, 0.6) is 0 Å². The van der Waals surface area contributed by atoms with Crippen molar-refractivity contribution in [2.45, 2.75) is 89.4 Å². The number of fused-ring (bicyclic) bond motifs is 3. The van der Waals surface area contributed by atoms with Gasteiger partial charge in [0.1, 0.15) is 24.4 Å². The molecule has 0 aromatic carbocycles. The Morgan fingerprint density at radius 1 is 1.04 bits per heavy atom. The molecule has 140 valence electrons. The summed E-state index contributed by atoms with van der Waals surface area (Å²) < 4.78 is 30.3. The van der Waals surface area contributed by atoms with E-state index in [9.17, 15) is 0 Å². The van der Waals surface area contributed by atoms with Crippen LogP contribution < -0.4 is 0 Å². The number of ether oxygens (including phenoxy) is 5. The van der Waals surface area contributed by atoms with Gasteiger partial charge < -0.3 is 23.7 Å². The van der Waals surface area contributed by atoms with Crippen LogP contribution >= 0.6 is 11.8 Å². The Morgan fingerprint density at radius 3 is 2.44 bits per heavy atom. The largest absolute Gasteiger partial charge is 0.342 e. The summed E-state index contributed by atoms with van der Waals surface area (Å²) in [6, 6.07) is 0.423. The van der Waals surface area contributed by atoms with Crippen LogP contribution in [0.2, 0.25) is 0 Å². The average molecular weight is 369 g/mol. The van der Waals surface area contributed by atoms with E-state index in [4.69, 9.17) is 28.7 Å². The summed E-state index contributed by atoms with van der Waals surface area (Å²) in [5.74, 6) is -0.298. The lowest BCUT2D eigenvalue weighted by Crippen LogP contribution is -2.54. The standard InChI is InChI=1S/C18H27NO5S/c1-6-10-9-25-12(19-10)8-7-11-13-14(22-17(2,3)21-13)15-16(20-11)24-18(4,5)23-15/h7-8,10-11,13-16H,6,9H2,1-5H3/t10-,11?,13?,14?,15?,16?/m1/s1. The molecular formula is C18H27NO5S. The molecule has 6 nitrogen and oxygen atoms in total. The maximum absolute atomic E-state index is 6.16. The molecule has 4 rings (SSSR count). The lowest BCUT2D eigenvalue weighted by atomic mass is 9.99. The molecule has 0 saturated carbocycles. The highest BCUT2D eigenvalue weighted by Crippen LogP contribution is 2.44. The first kappa shape index (κ1) is 17.9. The van der Waals surface area contributed by atoms with Gasteiger partial charge in [-0.1, -0.05) is 13.0 Å². The summed E-state index contributed by atoms with van der Waals surface area (Å²) in [6.45, 7) is 9.80. The predicted molar refractivity (Wildman–Crippen MR) is 95.6 cm³/mol. The second-order valence-electron chi connectivity index (χ2n) is 7.83. The molecule has 0 aromatic heterocycles. The van der Waals surface area contributed by atoms with Gasteiger partial charge in [-0.3, -0.25) is 4.99 Å². The van der Waals surface area contributed by atoms with Crippen LogP contribution in [0.15, 0.2) is 17.1 Å². The third kappa shape index (κ3) is 3.55. The van der Waals surface area contributed by atoms with Crippen molar-refractivity contribution in [2.75, 3.05) is 5.75 Å². The van der Waals surface area contributed by atoms with Crippen molar-refractivity contribution >= 4 is 16.8 Å². The molecule has 0 spiro atoms. The van der Waals surface area contributed by atoms with Gasteiger partial charge >= 0.3 is 0 Å². The quantitative estimate of drug-likeness (QED) is 0.762. The van der Waals surface area contributed by atoms with Crippen LogP contribution in [0, 0.1) is 0 Å². The topological polar surface area (TPSA) is 58.5 Å². The minimum atomic E-state index is -0.686. The Morgan fingerprint density at radius 2 is 1.72 bits per heavy atom. The second-order valence-corrected chi connectivity index (χ2v) is 8.87. The van der Waals surface area contributed by atoms with E-state index in [1.165, 1.54) is 0 Å². The monoisotopic (exact) mass is 369 g/mol. The maximum Gasteiger partial charge on any atom is 0.190 e. The van der Waals surface area contributed by atoms with Gasteiger partial charge in [0.25, 0.3) is 0 Å². The maximum atomic E-state index is 6.16. The van der Waals surface area contributed by atoms with Gasteiger partial charge in [-0.05, 0) is 40.2 Å². The minimum absolute atomic E-state index is 0.216. The fourth-order valence-corrected chi connectivity index (χ4v) is 4.78. The Bertz CT molecular complexity index is 590. The van der Waals surface area contributed by atoms with Gasteiger partial charge in [0, 0.05) is 5.75 Å². The zero-order valence-corrected chi connectivity index (χ0v) is 16.2. The highest BCUT2D eigenvalue weighted by atomic mass is 32.2. The molecule has 0 bridgehead atoms. The van der Waals surface area contributed by atoms with Crippen LogP contribution in [-0.4, -0.2) is 59.1 Å². The molecule has 3 fully saturated rings. The summed E-state index contributed by atoms with van der Waals surface area (Å²) in [4.78, 5) is 4.70. The highest BCUT2D eigenvalue weighted by molar-refractivity contribution is 8.14. The van der Waals surface area contributed by atoms with Crippen molar-refractivity contribution in [2.24, 2.45) is 4.99 Å². The highest BCUT2D eigenvalue weighted by Gasteiger charge is 2.60. The average Bonchev–Trinajstić information content (AvgIpc) is 3.18. The molecule has 0 amide bonds. The molecule has 0 aromatic rings. The summed E-state index contributed by atoms with van der Waals surface area (Å²) in [7, 11) is 0. The van der Waals surface area contributed by atoms with Gasteiger partial charge in [-0.25, -0.2) is 0 Å². The number of thioether (sulfide) groups is 1. The molecule has 25 heavy (non-hydrogen) atoms. The number of hydrogen-bond acceptors (Lipinski definition) is 7. The first-order chi connectivity index (χ1) is 11.8. The van der Waals surface area contributed by atoms with Crippen LogP contribution in [0.4, 0.5) is 0 Å². The van der Waals surface area contributed by atoms with Crippen LogP contribution in [0.3, 0.4) is 0 Å². The third-order valence-electron chi connectivity index (χ3n) is 4.82. The van der Waals surface area contributed by atoms with Crippen molar-refractivity contribution in [1.29, 1.82) is 0 Å². The van der Waals surface area contributed by atoms with Crippen LogP contribution in [0.1, 0.15) is 41.0 Å². The van der Waals surface area contributed by atoms with Crippen molar-refractivity contribution < 1.29 is 23.7 Å². The number of hydrogen-bond donors (Lipinski definition) is 0. The summed E-state index contributed by atoms with van der Waals surface area (Å²) >= 11 is 1.79. The first-order valence-electron chi connectivity index (χ1n) is 9.02. The number of rotatable bonds is 3. The Labute approximate surface area is 153 Å². The molecule has 0 aliphatic carbocycles. The van der Waals surface area contributed by atoms with Gasteiger partial charge in [-0.15, -0.1) is 11.8 Å². The van der Waals surface area contributed by atoms with E-state index in [0.29, 0.717) is 6.04 Å². The second kappa shape index (κ2) is 6.32. The fraction of sp³-hybridized carbons (Fsp3) is 0.833. The molecule has 0 N–H and O–H groups in total. The van der Waals surface area contributed by atoms with E-state index in [1.54, 1.807) is 11.8 Å². The molecule has 0 radical (unpaired) electrons. The summed E-state index contributed by atoms with van der Waals surface area (Å²) in [5, 5.41) is 1.05. The van der Waals surface area contributed by atoms with Crippen LogP contribution in [0.25, 0.3) is 0 Å². The van der Waals surface area contributed by atoms with E-state index < -0.39 is 17.9 Å². The van der Waals surface area contributed by atoms with Crippen molar-refractivity contribution in [1.82, 2.24) is 0 Å². The number of aliphatic imine (C=N–C) groups is 1. The molecule has 5 unspecified atom stereocenters. The lowest BCUT2D eigenvalue weighted by Gasteiger charge is -2.36. The van der Waals surface area contributed by atoms with Crippen molar-refractivity contribution in [3.8, 4) is 0 Å².